The van der Waals surface area contributed by atoms with Crippen LogP contribution in [0.4, 0.5) is 0 Å². The van der Waals surface area contributed by atoms with Crippen molar-refractivity contribution >= 4 is 17.6 Å². The number of carbonyl (C=O) groups excluding carboxylic acids is 1. The Hall–Kier alpha value is -0.280. The predicted molar refractivity (Wildman–Crippen MR) is 33.3 cm³/mol. The first-order valence-corrected chi connectivity index (χ1v) is 3.01. The summed E-state index contributed by atoms with van der Waals surface area (Å²) >= 11 is 5.17. The van der Waals surface area contributed by atoms with E-state index in [1.165, 1.54) is 7.11 Å². The Morgan fingerprint density at radius 3 is 2.67 bits per heavy atom. The van der Waals surface area contributed by atoms with Gasteiger partial charge in [0.15, 0.2) is 6.10 Å². The summed E-state index contributed by atoms with van der Waals surface area (Å²) in [7, 11) is 1.30. The molecule has 0 aliphatic carbocycles. The lowest BCUT2D eigenvalue weighted by Crippen LogP contribution is -2.21. The van der Waals surface area contributed by atoms with Crippen LogP contribution in [0.25, 0.3) is 0 Å². The van der Waals surface area contributed by atoms with E-state index in [2.05, 4.69) is 9.47 Å². The summed E-state index contributed by atoms with van der Waals surface area (Å²) in [5.41, 5.74) is 0. The highest BCUT2D eigenvalue weighted by atomic mass is 35.5. The summed E-state index contributed by atoms with van der Waals surface area (Å²) in [6.45, 7) is 1.58. The normalized spacial score (nSPS) is 12.8. The van der Waals surface area contributed by atoms with Crippen LogP contribution in [0.1, 0.15) is 6.92 Å². The van der Waals surface area contributed by atoms with Crippen molar-refractivity contribution in [3.63, 3.8) is 0 Å². The van der Waals surface area contributed by atoms with E-state index in [0.29, 0.717) is 0 Å². The molecule has 0 spiro atoms. The zero-order valence-corrected chi connectivity index (χ0v) is 6.14. The lowest BCUT2D eigenvalue weighted by atomic mass is 10.4. The second kappa shape index (κ2) is 4.58. The highest BCUT2D eigenvalue weighted by molar-refractivity contribution is 6.17. The van der Waals surface area contributed by atoms with Crippen molar-refractivity contribution in [1.29, 1.82) is 0 Å². The Labute approximate surface area is 58.9 Å². The highest BCUT2D eigenvalue weighted by Gasteiger charge is 2.11. The van der Waals surface area contributed by atoms with Crippen LogP contribution in [0.15, 0.2) is 0 Å². The average molecular weight is 153 g/mol. The second-order valence-electron chi connectivity index (χ2n) is 1.44. The molecule has 0 aliphatic rings. The van der Waals surface area contributed by atoms with Crippen molar-refractivity contribution in [3.8, 4) is 0 Å². The molecule has 0 aliphatic heterocycles. The number of halogens is 1. The van der Waals surface area contributed by atoms with Gasteiger partial charge in [0.1, 0.15) is 6.07 Å². The summed E-state index contributed by atoms with van der Waals surface area (Å²) in [6, 6.07) is 0.0102. The van der Waals surface area contributed by atoms with Crippen LogP contribution in [0.2, 0.25) is 0 Å². The predicted octanol–water partition coefficient (Wildman–Crippen LogP) is 0.761. The molecule has 0 saturated heterocycles. The van der Waals surface area contributed by atoms with Gasteiger partial charge >= 0.3 is 5.97 Å². The van der Waals surface area contributed by atoms with Gasteiger partial charge in [-0.2, -0.15) is 0 Å². The first-order valence-electron chi connectivity index (χ1n) is 2.47. The quantitative estimate of drug-likeness (QED) is 0.443. The van der Waals surface area contributed by atoms with Gasteiger partial charge in [-0.05, 0) is 6.92 Å². The fourth-order valence-electron chi connectivity index (χ4n) is 0.328. The topological polar surface area (TPSA) is 35.5 Å². The molecular weight excluding hydrogens is 144 g/mol. The average Bonchev–Trinajstić information content (AvgIpc) is 1.87. The standard InChI is InChI=1S/C5H9ClO3/c1-4(9-3-6)5(7)8-2/h4H,3H2,1-2H3/t4-/m1/s1. The van der Waals surface area contributed by atoms with Crippen molar-refractivity contribution in [2.24, 2.45) is 0 Å². The number of carbonyl (C=O) groups is 1. The van der Waals surface area contributed by atoms with E-state index in [-0.39, 0.29) is 6.07 Å². The van der Waals surface area contributed by atoms with Gasteiger partial charge in [-0.3, -0.25) is 0 Å². The van der Waals surface area contributed by atoms with Gasteiger partial charge < -0.3 is 9.47 Å². The van der Waals surface area contributed by atoms with E-state index < -0.39 is 12.1 Å². The zero-order valence-electron chi connectivity index (χ0n) is 5.39. The van der Waals surface area contributed by atoms with Gasteiger partial charge in [0.25, 0.3) is 0 Å². The molecule has 1 atom stereocenters. The molecule has 0 radical (unpaired) electrons. The Kier molecular flexibility index (Phi) is 4.44. The monoisotopic (exact) mass is 152 g/mol. The third-order valence-electron chi connectivity index (χ3n) is 0.846. The van der Waals surface area contributed by atoms with Crippen LogP contribution in [-0.2, 0) is 14.3 Å². The number of ether oxygens (including phenoxy) is 2. The summed E-state index contributed by atoms with van der Waals surface area (Å²) in [6.07, 6.45) is -0.563. The Bertz CT molecular complexity index is 94.2. The smallest absolute Gasteiger partial charge is 0.334 e. The van der Waals surface area contributed by atoms with Crippen molar-refractivity contribution in [2.45, 2.75) is 13.0 Å². The molecule has 4 heteroatoms. The van der Waals surface area contributed by atoms with Crippen molar-refractivity contribution in [1.82, 2.24) is 0 Å². The zero-order chi connectivity index (χ0) is 7.28. The lowest BCUT2D eigenvalue weighted by molar-refractivity contribution is -0.151. The molecule has 0 unspecified atom stereocenters. The van der Waals surface area contributed by atoms with E-state index in [4.69, 9.17) is 11.6 Å². The fraction of sp³-hybridized carbons (Fsp3) is 0.800. The first-order chi connectivity index (χ1) is 4.22. The molecular formula is C5H9ClO3. The molecule has 9 heavy (non-hydrogen) atoms. The molecule has 0 rings (SSSR count). The molecule has 0 saturated carbocycles. The van der Waals surface area contributed by atoms with E-state index >= 15 is 0 Å². The fourth-order valence-corrected chi connectivity index (χ4v) is 0.517. The van der Waals surface area contributed by atoms with Gasteiger partial charge in [0.2, 0.25) is 0 Å². The van der Waals surface area contributed by atoms with Crippen LogP contribution in [0.5, 0.6) is 0 Å². The minimum Gasteiger partial charge on any atom is -0.467 e. The maximum absolute atomic E-state index is 10.5. The summed E-state index contributed by atoms with van der Waals surface area (Å²) in [5.74, 6) is -0.407. The number of alkyl halides is 1. The second-order valence-corrected chi connectivity index (χ2v) is 1.66. The summed E-state index contributed by atoms with van der Waals surface area (Å²) in [5, 5.41) is 0. The largest absolute Gasteiger partial charge is 0.467 e. The van der Waals surface area contributed by atoms with E-state index in [1.807, 2.05) is 0 Å². The molecule has 0 amide bonds. The van der Waals surface area contributed by atoms with Crippen molar-refractivity contribution < 1.29 is 14.3 Å². The van der Waals surface area contributed by atoms with Crippen molar-refractivity contribution in [2.75, 3.05) is 13.2 Å². The molecule has 0 fully saturated rings. The Morgan fingerprint density at radius 2 is 2.33 bits per heavy atom. The molecule has 0 bridgehead atoms. The molecule has 0 aromatic rings. The molecule has 54 valence electrons. The van der Waals surface area contributed by atoms with Gasteiger partial charge in [-0.25, -0.2) is 4.79 Å². The minimum atomic E-state index is -0.563. The number of hydrogen-bond donors (Lipinski definition) is 0. The molecule has 3 nitrogen and oxygen atoms in total. The molecule has 0 aromatic carbocycles. The number of methoxy groups -OCH3 is 1. The third kappa shape index (κ3) is 3.32. The van der Waals surface area contributed by atoms with Crippen LogP contribution >= 0.6 is 11.6 Å². The summed E-state index contributed by atoms with van der Waals surface area (Å²) < 4.78 is 9.03. The number of hydrogen-bond acceptors (Lipinski definition) is 3. The van der Waals surface area contributed by atoms with Gasteiger partial charge in [-0.1, -0.05) is 11.6 Å². The minimum absolute atomic E-state index is 0.0102. The van der Waals surface area contributed by atoms with Gasteiger partial charge in [0.05, 0.1) is 7.11 Å². The van der Waals surface area contributed by atoms with Crippen molar-refractivity contribution in [3.05, 3.63) is 0 Å². The van der Waals surface area contributed by atoms with Crippen LogP contribution in [-0.4, -0.2) is 25.2 Å². The Morgan fingerprint density at radius 1 is 1.78 bits per heavy atom. The summed E-state index contributed by atoms with van der Waals surface area (Å²) in [4.78, 5) is 10.5. The van der Waals surface area contributed by atoms with Crippen LogP contribution < -0.4 is 0 Å². The SMILES string of the molecule is COC(=O)[C@@H](C)OCCl. The third-order valence-corrected chi connectivity index (χ3v) is 0.972. The first kappa shape index (κ1) is 8.72. The number of esters is 1. The number of rotatable bonds is 3. The van der Waals surface area contributed by atoms with E-state index in [9.17, 15) is 4.79 Å². The van der Waals surface area contributed by atoms with Gasteiger partial charge in [0, 0.05) is 0 Å². The maximum atomic E-state index is 10.5. The highest BCUT2D eigenvalue weighted by Crippen LogP contribution is 1.93. The van der Waals surface area contributed by atoms with Crippen LogP contribution in [0, 0.1) is 0 Å². The van der Waals surface area contributed by atoms with Crippen LogP contribution in [0.3, 0.4) is 0 Å². The van der Waals surface area contributed by atoms with E-state index in [0.717, 1.165) is 0 Å². The van der Waals surface area contributed by atoms with E-state index in [1.54, 1.807) is 6.92 Å². The Balaban J connectivity index is 3.45. The molecule has 0 N–H and O–H groups in total. The van der Waals surface area contributed by atoms with Gasteiger partial charge in [-0.15, -0.1) is 0 Å². The molecule has 0 heterocycles. The lowest BCUT2D eigenvalue weighted by Gasteiger charge is -2.06. The molecule has 0 aromatic heterocycles. The maximum Gasteiger partial charge on any atom is 0.334 e.